The third-order valence-electron chi connectivity index (χ3n) is 5.47. The SMILES string of the molecule is N#CCCN1CCN(S(=O)(=O)c2ccc(C3CCCCC3)cc2)CC1. The monoisotopic (exact) mass is 361 g/mol. The van der Waals surface area contributed by atoms with Crippen LogP contribution in [0.25, 0.3) is 0 Å². The molecule has 0 radical (unpaired) electrons. The lowest BCUT2D eigenvalue weighted by molar-refractivity contribution is 0.191. The molecule has 3 rings (SSSR count). The van der Waals surface area contributed by atoms with Crippen molar-refractivity contribution in [3.63, 3.8) is 0 Å². The maximum atomic E-state index is 12.9. The number of sulfonamides is 1. The first-order valence-electron chi connectivity index (χ1n) is 9.30. The van der Waals surface area contributed by atoms with Gasteiger partial charge in [0.1, 0.15) is 0 Å². The van der Waals surface area contributed by atoms with E-state index in [0.29, 0.717) is 43.4 Å². The molecule has 0 spiro atoms. The average molecular weight is 362 g/mol. The molecule has 1 aromatic rings. The van der Waals surface area contributed by atoms with Crippen LogP contribution in [-0.2, 0) is 10.0 Å². The minimum Gasteiger partial charge on any atom is -0.300 e. The van der Waals surface area contributed by atoms with Gasteiger partial charge in [0, 0.05) is 39.1 Å². The van der Waals surface area contributed by atoms with E-state index in [2.05, 4.69) is 11.0 Å². The number of nitriles is 1. The summed E-state index contributed by atoms with van der Waals surface area (Å²) in [5.41, 5.74) is 1.28. The first kappa shape index (κ1) is 18.4. The average Bonchev–Trinajstić information content (AvgIpc) is 2.67. The van der Waals surface area contributed by atoms with Crippen molar-refractivity contribution < 1.29 is 8.42 Å². The fourth-order valence-corrected chi connectivity index (χ4v) is 5.32. The van der Waals surface area contributed by atoms with Crippen molar-refractivity contribution in [3.8, 4) is 6.07 Å². The van der Waals surface area contributed by atoms with E-state index in [0.717, 1.165) is 6.54 Å². The molecular formula is C19H27N3O2S. The Labute approximate surface area is 151 Å². The van der Waals surface area contributed by atoms with E-state index in [1.807, 2.05) is 12.1 Å². The van der Waals surface area contributed by atoms with Crippen molar-refractivity contribution in [3.05, 3.63) is 29.8 Å². The van der Waals surface area contributed by atoms with Gasteiger partial charge in [-0.3, -0.25) is 4.90 Å². The number of hydrogen-bond donors (Lipinski definition) is 0. The van der Waals surface area contributed by atoms with Crippen LogP contribution < -0.4 is 0 Å². The lowest BCUT2D eigenvalue weighted by Gasteiger charge is -2.33. The predicted molar refractivity (Wildman–Crippen MR) is 97.7 cm³/mol. The molecule has 2 aliphatic rings. The Balaban J connectivity index is 1.63. The van der Waals surface area contributed by atoms with Gasteiger partial charge < -0.3 is 0 Å². The molecule has 2 fully saturated rings. The Morgan fingerprint density at radius 2 is 1.64 bits per heavy atom. The van der Waals surface area contributed by atoms with Crippen molar-refractivity contribution in [2.24, 2.45) is 0 Å². The zero-order chi connectivity index (χ0) is 17.7. The Morgan fingerprint density at radius 1 is 1.00 bits per heavy atom. The van der Waals surface area contributed by atoms with E-state index >= 15 is 0 Å². The quantitative estimate of drug-likeness (QED) is 0.809. The van der Waals surface area contributed by atoms with E-state index in [9.17, 15) is 8.42 Å². The molecule has 5 nitrogen and oxygen atoms in total. The van der Waals surface area contributed by atoms with Crippen LogP contribution in [0.5, 0.6) is 0 Å². The van der Waals surface area contributed by atoms with Gasteiger partial charge in [-0.25, -0.2) is 8.42 Å². The minimum atomic E-state index is -3.41. The fourth-order valence-electron chi connectivity index (χ4n) is 3.90. The largest absolute Gasteiger partial charge is 0.300 e. The van der Waals surface area contributed by atoms with E-state index in [1.54, 1.807) is 16.4 Å². The molecule has 0 atom stereocenters. The highest BCUT2D eigenvalue weighted by Crippen LogP contribution is 2.33. The normalized spacial score (nSPS) is 21.1. The molecule has 0 unspecified atom stereocenters. The van der Waals surface area contributed by atoms with Crippen LogP contribution in [0.2, 0.25) is 0 Å². The summed E-state index contributed by atoms with van der Waals surface area (Å²) in [4.78, 5) is 2.55. The highest BCUT2D eigenvalue weighted by atomic mass is 32.2. The summed E-state index contributed by atoms with van der Waals surface area (Å²) in [6, 6.07) is 9.71. The molecule has 25 heavy (non-hydrogen) atoms. The summed E-state index contributed by atoms with van der Waals surface area (Å²) in [6.45, 7) is 3.11. The highest BCUT2D eigenvalue weighted by Gasteiger charge is 2.28. The predicted octanol–water partition coefficient (Wildman–Crippen LogP) is 2.95. The molecule has 1 aliphatic carbocycles. The maximum absolute atomic E-state index is 12.9. The zero-order valence-corrected chi connectivity index (χ0v) is 15.5. The van der Waals surface area contributed by atoms with Crippen molar-refractivity contribution in [1.29, 1.82) is 5.26 Å². The number of piperazine rings is 1. The van der Waals surface area contributed by atoms with E-state index in [4.69, 9.17) is 5.26 Å². The summed E-state index contributed by atoms with van der Waals surface area (Å²) < 4.78 is 27.3. The standard InChI is InChI=1S/C19H27N3O2S/c20-11-4-12-21-13-15-22(16-14-21)25(23,24)19-9-7-18(8-10-19)17-5-2-1-3-6-17/h7-10,17H,1-6,12-16H2. The molecule has 0 N–H and O–H groups in total. The summed E-state index contributed by atoms with van der Waals surface area (Å²) >= 11 is 0. The van der Waals surface area contributed by atoms with Gasteiger partial charge >= 0.3 is 0 Å². The van der Waals surface area contributed by atoms with Crippen LogP contribution in [0, 0.1) is 11.3 Å². The van der Waals surface area contributed by atoms with Gasteiger partial charge in [0.25, 0.3) is 0 Å². The number of hydrogen-bond acceptors (Lipinski definition) is 4. The molecule has 0 amide bonds. The molecule has 1 heterocycles. The van der Waals surface area contributed by atoms with Gasteiger partial charge in [-0.2, -0.15) is 9.57 Å². The molecular weight excluding hydrogens is 334 g/mol. The van der Waals surface area contributed by atoms with Crippen LogP contribution in [0.4, 0.5) is 0 Å². The number of benzene rings is 1. The Hall–Kier alpha value is -1.42. The summed E-state index contributed by atoms with van der Waals surface area (Å²) in [7, 11) is -3.41. The molecule has 1 aromatic carbocycles. The second kappa shape index (κ2) is 8.31. The fraction of sp³-hybridized carbons (Fsp3) is 0.632. The number of rotatable bonds is 5. The number of nitrogens with zero attached hydrogens (tertiary/aromatic N) is 3. The molecule has 0 bridgehead atoms. The molecule has 0 aromatic heterocycles. The smallest absolute Gasteiger partial charge is 0.243 e. The topological polar surface area (TPSA) is 64.4 Å². The van der Waals surface area contributed by atoms with Crippen molar-refractivity contribution in [2.75, 3.05) is 32.7 Å². The Kier molecular flexibility index (Phi) is 6.10. The summed E-state index contributed by atoms with van der Waals surface area (Å²) in [5.74, 6) is 0.592. The van der Waals surface area contributed by atoms with E-state index < -0.39 is 10.0 Å². The van der Waals surface area contributed by atoms with Crippen LogP contribution >= 0.6 is 0 Å². The summed E-state index contributed by atoms with van der Waals surface area (Å²) in [6.07, 6.45) is 6.81. The molecule has 6 heteroatoms. The maximum Gasteiger partial charge on any atom is 0.243 e. The minimum absolute atomic E-state index is 0.400. The third kappa shape index (κ3) is 4.41. The van der Waals surface area contributed by atoms with E-state index in [-0.39, 0.29) is 0 Å². The molecule has 1 aliphatic heterocycles. The second-order valence-corrected chi connectivity index (χ2v) is 9.00. The molecule has 1 saturated carbocycles. The van der Waals surface area contributed by atoms with Crippen LogP contribution in [-0.4, -0.2) is 50.3 Å². The lowest BCUT2D eigenvalue weighted by Crippen LogP contribution is -2.48. The van der Waals surface area contributed by atoms with Crippen molar-refractivity contribution >= 4 is 10.0 Å². The van der Waals surface area contributed by atoms with E-state index in [1.165, 1.54) is 37.7 Å². The lowest BCUT2D eigenvalue weighted by atomic mass is 9.84. The highest BCUT2D eigenvalue weighted by molar-refractivity contribution is 7.89. The second-order valence-electron chi connectivity index (χ2n) is 7.06. The Morgan fingerprint density at radius 3 is 2.24 bits per heavy atom. The van der Waals surface area contributed by atoms with Gasteiger partial charge in [-0.05, 0) is 36.5 Å². The zero-order valence-electron chi connectivity index (χ0n) is 14.7. The van der Waals surface area contributed by atoms with Crippen molar-refractivity contribution in [2.45, 2.75) is 49.3 Å². The molecule has 1 saturated heterocycles. The van der Waals surface area contributed by atoms with Crippen LogP contribution in [0.3, 0.4) is 0 Å². The van der Waals surface area contributed by atoms with Gasteiger partial charge in [0.15, 0.2) is 0 Å². The Bertz CT molecular complexity index is 695. The van der Waals surface area contributed by atoms with Gasteiger partial charge in [0.05, 0.1) is 11.0 Å². The molecule has 136 valence electrons. The summed E-state index contributed by atoms with van der Waals surface area (Å²) in [5, 5.41) is 8.66. The third-order valence-corrected chi connectivity index (χ3v) is 7.38. The van der Waals surface area contributed by atoms with Crippen LogP contribution in [0.15, 0.2) is 29.2 Å². The van der Waals surface area contributed by atoms with Crippen molar-refractivity contribution in [1.82, 2.24) is 9.21 Å². The first-order valence-corrected chi connectivity index (χ1v) is 10.7. The van der Waals surface area contributed by atoms with Gasteiger partial charge in [-0.15, -0.1) is 0 Å². The van der Waals surface area contributed by atoms with Crippen LogP contribution in [0.1, 0.15) is 50.0 Å². The first-order chi connectivity index (χ1) is 12.1. The van der Waals surface area contributed by atoms with Gasteiger partial charge in [-0.1, -0.05) is 31.4 Å². The van der Waals surface area contributed by atoms with Gasteiger partial charge in [0.2, 0.25) is 10.0 Å².